The van der Waals surface area contributed by atoms with Gasteiger partial charge < -0.3 is 9.47 Å². The molecule has 7 nitrogen and oxygen atoms in total. The molecule has 3 aliphatic rings. The molecule has 0 radical (unpaired) electrons. The van der Waals surface area contributed by atoms with E-state index in [0.29, 0.717) is 18.5 Å². The Labute approximate surface area is 227 Å². The molecule has 2 aromatic rings. The van der Waals surface area contributed by atoms with Gasteiger partial charge in [0.1, 0.15) is 5.82 Å². The van der Waals surface area contributed by atoms with Crippen molar-refractivity contribution in [3.63, 3.8) is 0 Å². The summed E-state index contributed by atoms with van der Waals surface area (Å²) in [6, 6.07) is 6.09. The van der Waals surface area contributed by atoms with Crippen molar-refractivity contribution in [2.24, 2.45) is 17.0 Å². The van der Waals surface area contributed by atoms with Crippen molar-refractivity contribution in [1.82, 2.24) is 14.4 Å². The minimum Gasteiger partial charge on any atom is -0.341 e. The van der Waals surface area contributed by atoms with Crippen LogP contribution in [0.25, 0.3) is 10.9 Å². The zero-order chi connectivity index (χ0) is 26.9. The van der Waals surface area contributed by atoms with E-state index in [4.69, 9.17) is 9.32 Å². The highest BCUT2D eigenvalue weighted by atomic mass is 32.2. The van der Waals surface area contributed by atoms with Crippen LogP contribution >= 0.6 is 0 Å². The van der Waals surface area contributed by atoms with Gasteiger partial charge in [-0.1, -0.05) is 13.8 Å². The lowest BCUT2D eigenvalue weighted by atomic mass is 9.79. The van der Waals surface area contributed by atoms with Gasteiger partial charge in [-0.15, -0.1) is 0 Å². The van der Waals surface area contributed by atoms with Crippen LogP contribution in [0.3, 0.4) is 0 Å². The second-order valence-electron chi connectivity index (χ2n) is 12.1. The zero-order valence-corrected chi connectivity index (χ0v) is 23.9. The van der Waals surface area contributed by atoms with Crippen LogP contribution in [0, 0.1) is 17.7 Å². The van der Waals surface area contributed by atoms with Gasteiger partial charge >= 0.3 is 10.3 Å². The molecule has 1 aromatic carbocycles. The standard InChI is InChI=1S/C29H45FN4O3S/c1-21(2)22-5-8-24(9-6-22)33-16-11-25(12-17-33)34-28-10-7-23(30)19-26(28)27(20-32-14-3-4-15-32)29(34)13-18-37-38(31,35)36/h7,10,19,21-22,24-25H,3-6,8-9,11-18,20H2,1-2H3,(H2,31,35,36)/t22-,24+. The van der Waals surface area contributed by atoms with E-state index in [9.17, 15) is 12.8 Å². The van der Waals surface area contributed by atoms with Crippen LogP contribution < -0.4 is 5.14 Å². The summed E-state index contributed by atoms with van der Waals surface area (Å²) in [5.41, 5.74) is 3.22. The molecule has 1 aliphatic carbocycles. The highest BCUT2D eigenvalue weighted by Gasteiger charge is 2.32. The van der Waals surface area contributed by atoms with Crippen LogP contribution in [0.15, 0.2) is 18.2 Å². The second-order valence-corrected chi connectivity index (χ2v) is 13.3. The molecule has 0 spiro atoms. The van der Waals surface area contributed by atoms with Crippen LogP contribution in [-0.2, 0) is 27.5 Å². The van der Waals surface area contributed by atoms with E-state index in [1.54, 1.807) is 12.1 Å². The number of halogens is 1. The normalized spacial score (nSPS) is 24.7. The quantitative estimate of drug-likeness (QED) is 0.478. The molecule has 0 amide bonds. The zero-order valence-electron chi connectivity index (χ0n) is 23.1. The number of nitrogens with zero attached hydrogens (tertiary/aromatic N) is 3. The Morgan fingerprint density at radius 1 is 1.00 bits per heavy atom. The molecular formula is C29H45FN4O3S. The molecule has 5 rings (SSSR count). The molecule has 3 fully saturated rings. The smallest absolute Gasteiger partial charge is 0.333 e. The molecule has 0 atom stereocenters. The Balaban J connectivity index is 1.40. The Hall–Kier alpha value is -1.52. The van der Waals surface area contributed by atoms with Gasteiger partial charge in [-0.3, -0.25) is 9.08 Å². The van der Waals surface area contributed by atoms with Crippen LogP contribution in [0.4, 0.5) is 4.39 Å². The topological polar surface area (TPSA) is 80.8 Å². The Bertz CT molecular complexity index is 1190. The van der Waals surface area contributed by atoms with Crippen molar-refractivity contribution in [3.8, 4) is 0 Å². The summed E-state index contributed by atoms with van der Waals surface area (Å²) >= 11 is 0. The number of aromatic nitrogens is 1. The number of likely N-dealkylation sites (tertiary alicyclic amines) is 2. The van der Waals surface area contributed by atoms with E-state index in [1.165, 1.54) is 38.5 Å². The van der Waals surface area contributed by atoms with Crippen molar-refractivity contribution in [1.29, 1.82) is 0 Å². The third-order valence-electron chi connectivity index (χ3n) is 9.41. The lowest BCUT2D eigenvalue weighted by Gasteiger charge is -2.42. The predicted molar refractivity (Wildman–Crippen MR) is 150 cm³/mol. The van der Waals surface area contributed by atoms with Crippen LogP contribution in [0.5, 0.6) is 0 Å². The molecule has 1 saturated carbocycles. The number of rotatable bonds is 9. The lowest BCUT2D eigenvalue weighted by molar-refractivity contribution is 0.0888. The van der Waals surface area contributed by atoms with Crippen molar-refractivity contribution in [3.05, 3.63) is 35.3 Å². The van der Waals surface area contributed by atoms with Gasteiger partial charge in [-0.25, -0.2) is 9.53 Å². The monoisotopic (exact) mass is 548 g/mol. The third-order valence-corrected chi connectivity index (χ3v) is 9.91. The number of hydrogen-bond donors (Lipinski definition) is 1. The van der Waals surface area contributed by atoms with E-state index in [2.05, 4.69) is 28.2 Å². The van der Waals surface area contributed by atoms with E-state index in [1.807, 2.05) is 6.07 Å². The van der Waals surface area contributed by atoms with E-state index in [-0.39, 0.29) is 12.4 Å². The maximum absolute atomic E-state index is 14.5. The summed E-state index contributed by atoms with van der Waals surface area (Å²) in [4.78, 5) is 5.12. The summed E-state index contributed by atoms with van der Waals surface area (Å²) in [7, 11) is -4.02. The van der Waals surface area contributed by atoms with Crippen molar-refractivity contribution in [2.75, 3.05) is 32.8 Å². The Morgan fingerprint density at radius 3 is 2.32 bits per heavy atom. The van der Waals surface area contributed by atoms with Gasteiger partial charge in [0.2, 0.25) is 0 Å². The molecule has 2 aliphatic heterocycles. The molecular weight excluding hydrogens is 503 g/mol. The lowest BCUT2D eigenvalue weighted by Crippen LogP contribution is -2.44. The molecule has 38 heavy (non-hydrogen) atoms. The third kappa shape index (κ3) is 6.44. The van der Waals surface area contributed by atoms with E-state index < -0.39 is 10.3 Å². The summed E-state index contributed by atoms with van der Waals surface area (Å²) in [5, 5.41) is 6.08. The first-order valence-corrected chi connectivity index (χ1v) is 16.1. The maximum atomic E-state index is 14.5. The summed E-state index contributed by atoms with van der Waals surface area (Å²) in [6.07, 6.45) is 10.1. The van der Waals surface area contributed by atoms with Crippen molar-refractivity contribution in [2.45, 2.75) is 90.3 Å². The Kier molecular flexibility index (Phi) is 8.79. The number of fused-ring (bicyclic) bond motifs is 1. The minimum atomic E-state index is -4.02. The molecule has 2 N–H and O–H groups in total. The molecule has 2 saturated heterocycles. The summed E-state index contributed by atoms with van der Waals surface area (Å²) in [5.74, 6) is 1.41. The first kappa shape index (κ1) is 28.0. The van der Waals surface area contributed by atoms with Gasteiger partial charge in [0.15, 0.2) is 0 Å². The fraction of sp³-hybridized carbons (Fsp3) is 0.724. The van der Waals surface area contributed by atoms with Crippen LogP contribution in [-0.4, -0.2) is 61.6 Å². The summed E-state index contributed by atoms with van der Waals surface area (Å²) in [6.45, 7) is 9.65. The molecule has 212 valence electrons. The number of benzene rings is 1. The molecule has 3 heterocycles. The van der Waals surface area contributed by atoms with Crippen LogP contribution in [0.1, 0.15) is 82.5 Å². The SMILES string of the molecule is CC(C)[C@H]1CC[C@@H](N2CCC(n3c(CCOS(N)(=O)=O)c(CN4CCCC4)c4cc(F)ccc43)CC2)CC1. The van der Waals surface area contributed by atoms with Crippen molar-refractivity contribution < 1.29 is 17.0 Å². The highest BCUT2D eigenvalue weighted by Crippen LogP contribution is 2.38. The predicted octanol–water partition coefficient (Wildman–Crippen LogP) is 4.99. The average Bonchev–Trinajstić information content (AvgIpc) is 3.50. The van der Waals surface area contributed by atoms with Gasteiger partial charge in [0.25, 0.3) is 0 Å². The Morgan fingerprint density at radius 2 is 1.68 bits per heavy atom. The molecule has 0 unspecified atom stereocenters. The number of nitrogens with two attached hydrogens (primary N) is 1. The molecule has 0 bridgehead atoms. The summed E-state index contributed by atoms with van der Waals surface area (Å²) < 4.78 is 44.9. The number of hydrogen-bond acceptors (Lipinski definition) is 5. The van der Waals surface area contributed by atoms with Gasteiger partial charge in [-0.05, 0) is 100 Å². The average molecular weight is 549 g/mol. The van der Waals surface area contributed by atoms with Gasteiger partial charge in [0, 0.05) is 54.7 Å². The largest absolute Gasteiger partial charge is 0.341 e. The van der Waals surface area contributed by atoms with E-state index >= 15 is 0 Å². The number of piperidine rings is 1. The first-order chi connectivity index (χ1) is 18.2. The molecule has 9 heteroatoms. The minimum absolute atomic E-state index is 0.0113. The fourth-order valence-corrected chi connectivity index (χ4v) is 7.65. The van der Waals surface area contributed by atoms with Gasteiger partial charge in [0.05, 0.1) is 6.61 Å². The van der Waals surface area contributed by atoms with E-state index in [0.717, 1.165) is 79.6 Å². The first-order valence-electron chi connectivity index (χ1n) is 14.6. The molecule has 1 aromatic heterocycles. The van der Waals surface area contributed by atoms with Crippen LogP contribution in [0.2, 0.25) is 0 Å². The maximum Gasteiger partial charge on any atom is 0.333 e. The fourth-order valence-electron chi connectivity index (χ4n) is 7.33. The highest BCUT2D eigenvalue weighted by molar-refractivity contribution is 7.84. The van der Waals surface area contributed by atoms with Crippen molar-refractivity contribution >= 4 is 21.2 Å². The second kappa shape index (κ2) is 11.9. The van der Waals surface area contributed by atoms with Gasteiger partial charge in [-0.2, -0.15) is 8.42 Å².